The number of hydrogen-bond donors (Lipinski definition) is 0. The predicted octanol–water partition coefficient (Wildman–Crippen LogP) is 6.96. The summed E-state index contributed by atoms with van der Waals surface area (Å²) in [6.45, 7) is 18.7. The van der Waals surface area contributed by atoms with Crippen molar-refractivity contribution in [2.75, 3.05) is 0 Å². The molecule has 0 aliphatic heterocycles. The van der Waals surface area contributed by atoms with E-state index < -0.39 is 0 Å². The Morgan fingerprint density at radius 1 is 0.600 bits per heavy atom. The highest BCUT2D eigenvalue weighted by Crippen LogP contribution is 2.36. The van der Waals surface area contributed by atoms with Gasteiger partial charge < -0.3 is 0 Å². The Balaban J connectivity index is 3.51. The average Bonchev–Trinajstić information content (AvgIpc) is 2.43. The van der Waals surface area contributed by atoms with Crippen LogP contribution in [0.1, 0.15) is 114 Å². The molecule has 0 saturated heterocycles. The van der Waals surface area contributed by atoms with Gasteiger partial charge in [-0.15, -0.1) is 0 Å². The van der Waals surface area contributed by atoms with E-state index in [1.165, 1.54) is 12.8 Å². The van der Waals surface area contributed by atoms with Gasteiger partial charge >= 0.3 is 0 Å². The molecule has 1 rings (SSSR count). The van der Waals surface area contributed by atoms with Gasteiger partial charge in [0.25, 0.3) is 0 Å². The average molecular weight is 274 g/mol. The van der Waals surface area contributed by atoms with Gasteiger partial charge in [-0.1, -0.05) is 67.5 Å². The Kier molecular flexibility index (Phi) is 6.30. The molecule has 1 aromatic carbocycles. The third-order valence-corrected chi connectivity index (χ3v) is 4.82. The summed E-state index contributed by atoms with van der Waals surface area (Å²) in [4.78, 5) is 0. The first-order chi connectivity index (χ1) is 9.33. The quantitative estimate of drug-likeness (QED) is 0.526. The summed E-state index contributed by atoms with van der Waals surface area (Å²) in [6.07, 6.45) is 2.44. The van der Waals surface area contributed by atoms with Crippen molar-refractivity contribution < 1.29 is 0 Å². The molecule has 0 aliphatic carbocycles. The molecule has 0 N–H and O–H groups in total. The van der Waals surface area contributed by atoms with Crippen LogP contribution in [0.5, 0.6) is 0 Å². The van der Waals surface area contributed by atoms with E-state index in [9.17, 15) is 0 Å². The number of rotatable bonds is 6. The van der Waals surface area contributed by atoms with E-state index >= 15 is 0 Å². The van der Waals surface area contributed by atoms with Gasteiger partial charge in [-0.25, -0.2) is 0 Å². The van der Waals surface area contributed by atoms with Crippen LogP contribution in [-0.2, 0) is 0 Å². The van der Waals surface area contributed by atoms with Gasteiger partial charge in [0, 0.05) is 0 Å². The summed E-state index contributed by atoms with van der Waals surface area (Å²) in [5.41, 5.74) is 6.30. The smallest absolute Gasteiger partial charge is 0.0190 e. The molecule has 0 heterocycles. The van der Waals surface area contributed by atoms with Crippen LogP contribution in [0.3, 0.4) is 0 Å². The standard InChI is InChI=1S/C20H34/c1-9-15(7)19-11-18(14(5)6)20(16(8)10-2)12-17(19)13(3)4/h11-16H,9-10H2,1-8H3. The number of hydrogen-bond acceptors (Lipinski definition) is 0. The molecule has 2 unspecified atom stereocenters. The maximum atomic E-state index is 2.52. The summed E-state index contributed by atoms with van der Waals surface area (Å²) in [5, 5.41) is 0. The van der Waals surface area contributed by atoms with Crippen molar-refractivity contribution in [2.45, 2.75) is 91.9 Å². The Morgan fingerprint density at radius 3 is 1.10 bits per heavy atom. The van der Waals surface area contributed by atoms with Gasteiger partial charge in [-0.05, 0) is 58.8 Å². The Morgan fingerprint density at radius 2 is 0.900 bits per heavy atom. The van der Waals surface area contributed by atoms with Gasteiger partial charge in [0.15, 0.2) is 0 Å². The van der Waals surface area contributed by atoms with Crippen LogP contribution in [0.15, 0.2) is 12.1 Å². The molecule has 114 valence electrons. The minimum Gasteiger partial charge on any atom is -0.0648 e. The minimum atomic E-state index is 0.614. The zero-order valence-electron chi connectivity index (χ0n) is 14.9. The third-order valence-electron chi connectivity index (χ3n) is 4.82. The molecule has 0 amide bonds. The highest BCUT2D eigenvalue weighted by atomic mass is 14.2. The maximum absolute atomic E-state index is 2.52. The molecule has 0 fully saturated rings. The molecule has 20 heavy (non-hydrogen) atoms. The first kappa shape index (κ1) is 17.3. The zero-order chi connectivity index (χ0) is 15.4. The third kappa shape index (κ3) is 3.65. The van der Waals surface area contributed by atoms with Crippen molar-refractivity contribution in [2.24, 2.45) is 0 Å². The lowest BCUT2D eigenvalue weighted by Gasteiger charge is -2.25. The first-order valence-corrected chi connectivity index (χ1v) is 8.50. The van der Waals surface area contributed by atoms with Crippen molar-refractivity contribution in [1.82, 2.24) is 0 Å². The van der Waals surface area contributed by atoms with Crippen molar-refractivity contribution in [1.29, 1.82) is 0 Å². The molecule has 0 saturated carbocycles. The van der Waals surface area contributed by atoms with Crippen LogP contribution in [0.25, 0.3) is 0 Å². The van der Waals surface area contributed by atoms with Crippen LogP contribution < -0.4 is 0 Å². The van der Waals surface area contributed by atoms with Crippen LogP contribution in [-0.4, -0.2) is 0 Å². The van der Waals surface area contributed by atoms with E-state index in [4.69, 9.17) is 0 Å². The van der Waals surface area contributed by atoms with Crippen LogP contribution in [0.2, 0.25) is 0 Å². The normalized spacial score (nSPS) is 14.9. The Hall–Kier alpha value is -0.780. The van der Waals surface area contributed by atoms with E-state index in [1.54, 1.807) is 22.3 Å². The van der Waals surface area contributed by atoms with E-state index in [2.05, 4.69) is 67.5 Å². The summed E-state index contributed by atoms with van der Waals surface area (Å²) >= 11 is 0. The van der Waals surface area contributed by atoms with Gasteiger partial charge in [0.2, 0.25) is 0 Å². The fourth-order valence-electron chi connectivity index (χ4n) is 2.96. The van der Waals surface area contributed by atoms with E-state index in [0.29, 0.717) is 23.7 Å². The maximum Gasteiger partial charge on any atom is -0.0190 e. The largest absolute Gasteiger partial charge is 0.0648 e. The van der Waals surface area contributed by atoms with Crippen molar-refractivity contribution in [3.8, 4) is 0 Å². The lowest BCUT2D eigenvalue weighted by atomic mass is 9.80. The Bertz CT molecular complexity index is 384. The molecule has 0 heteroatoms. The van der Waals surface area contributed by atoms with Crippen molar-refractivity contribution >= 4 is 0 Å². The minimum absolute atomic E-state index is 0.614. The number of benzene rings is 1. The molecule has 0 aromatic heterocycles. The molecule has 1 aromatic rings. The zero-order valence-corrected chi connectivity index (χ0v) is 14.9. The fraction of sp³-hybridized carbons (Fsp3) is 0.700. The summed E-state index contributed by atoms with van der Waals surface area (Å²) in [5.74, 6) is 2.55. The second-order valence-corrected chi connectivity index (χ2v) is 7.04. The SMILES string of the molecule is CCC(C)c1cc(C(C)C)c(C(C)CC)cc1C(C)C. The Labute approximate surface area is 127 Å². The highest BCUT2D eigenvalue weighted by molar-refractivity contribution is 5.44. The summed E-state index contributed by atoms with van der Waals surface area (Å²) in [7, 11) is 0. The molecule has 0 spiro atoms. The molecule has 2 atom stereocenters. The van der Waals surface area contributed by atoms with Crippen LogP contribution >= 0.6 is 0 Å². The molecule has 0 bridgehead atoms. The summed E-state index contributed by atoms with van der Waals surface area (Å²) < 4.78 is 0. The van der Waals surface area contributed by atoms with Gasteiger partial charge in [-0.3, -0.25) is 0 Å². The van der Waals surface area contributed by atoms with Gasteiger partial charge in [0.1, 0.15) is 0 Å². The topological polar surface area (TPSA) is 0 Å². The highest BCUT2D eigenvalue weighted by Gasteiger charge is 2.19. The van der Waals surface area contributed by atoms with Gasteiger partial charge in [0.05, 0.1) is 0 Å². The van der Waals surface area contributed by atoms with E-state index in [-0.39, 0.29) is 0 Å². The molecule has 0 nitrogen and oxygen atoms in total. The van der Waals surface area contributed by atoms with E-state index in [0.717, 1.165) is 0 Å². The second kappa shape index (κ2) is 7.29. The monoisotopic (exact) mass is 274 g/mol. The predicted molar refractivity (Wildman–Crippen MR) is 92.0 cm³/mol. The first-order valence-electron chi connectivity index (χ1n) is 8.50. The van der Waals surface area contributed by atoms with Crippen LogP contribution in [0.4, 0.5) is 0 Å². The van der Waals surface area contributed by atoms with Gasteiger partial charge in [-0.2, -0.15) is 0 Å². The molecular weight excluding hydrogens is 240 g/mol. The molecular formula is C20H34. The van der Waals surface area contributed by atoms with Crippen molar-refractivity contribution in [3.63, 3.8) is 0 Å². The van der Waals surface area contributed by atoms with Crippen molar-refractivity contribution in [3.05, 3.63) is 34.4 Å². The molecule has 0 aliphatic rings. The second-order valence-electron chi connectivity index (χ2n) is 7.04. The van der Waals surface area contributed by atoms with E-state index in [1.807, 2.05) is 0 Å². The molecule has 0 radical (unpaired) electrons. The lowest BCUT2D eigenvalue weighted by molar-refractivity contribution is 0.678. The van der Waals surface area contributed by atoms with Crippen LogP contribution in [0, 0.1) is 0 Å². The lowest BCUT2D eigenvalue weighted by Crippen LogP contribution is -2.08. The fourth-order valence-corrected chi connectivity index (χ4v) is 2.96. The summed E-state index contributed by atoms with van der Waals surface area (Å²) in [6, 6.07) is 5.05.